The van der Waals surface area contributed by atoms with Crippen LogP contribution in [0, 0.1) is 18.7 Å². The molecule has 1 rings (SSSR count). The third-order valence-corrected chi connectivity index (χ3v) is 3.77. The highest BCUT2D eigenvalue weighted by atomic mass is 35.5. The summed E-state index contributed by atoms with van der Waals surface area (Å²) >= 11 is 6.18. The van der Waals surface area contributed by atoms with Gasteiger partial charge >= 0.3 is 0 Å². The number of hydrogen-bond acceptors (Lipinski definition) is 1. The van der Waals surface area contributed by atoms with E-state index in [2.05, 4.69) is 26.1 Å². The Bertz CT molecular complexity index is 392. The maximum atomic E-state index is 13.4. The van der Waals surface area contributed by atoms with Gasteiger partial charge in [-0.2, -0.15) is 0 Å². The molecule has 0 aromatic heterocycles. The molecule has 0 aliphatic carbocycles. The lowest BCUT2D eigenvalue weighted by Crippen LogP contribution is -2.23. The van der Waals surface area contributed by atoms with E-state index in [0.29, 0.717) is 16.5 Å². The van der Waals surface area contributed by atoms with Gasteiger partial charge in [0.25, 0.3) is 0 Å². The van der Waals surface area contributed by atoms with E-state index in [9.17, 15) is 4.39 Å². The predicted molar refractivity (Wildman–Crippen MR) is 76.6 cm³/mol. The first-order valence-electron chi connectivity index (χ1n) is 6.68. The molecule has 3 heteroatoms. The largest absolute Gasteiger partial charge is 0.310 e. The highest BCUT2D eigenvalue weighted by Crippen LogP contribution is 2.30. The molecule has 0 spiro atoms. The first-order valence-corrected chi connectivity index (χ1v) is 7.06. The van der Waals surface area contributed by atoms with E-state index in [1.807, 2.05) is 6.07 Å². The van der Waals surface area contributed by atoms with Crippen molar-refractivity contribution >= 4 is 11.6 Å². The summed E-state index contributed by atoms with van der Waals surface area (Å²) < 4.78 is 13.4. The Labute approximate surface area is 115 Å². The second-order valence-corrected chi connectivity index (χ2v) is 5.39. The van der Waals surface area contributed by atoms with Gasteiger partial charge in [0, 0.05) is 11.1 Å². The van der Waals surface area contributed by atoms with Crippen LogP contribution in [-0.2, 0) is 0 Å². The average molecular weight is 272 g/mol. The molecule has 0 amide bonds. The van der Waals surface area contributed by atoms with Crippen molar-refractivity contribution in [3.05, 3.63) is 34.1 Å². The molecule has 0 radical (unpaired) electrons. The maximum absolute atomic E-state index is 13.4. The molecule has 1 N–H and O–H groups in total. The van der Waals surface area contributed by atoms with Crippen molar-refractivity contribution in [2.24, 2.45) is 5.92 Å². The van der Waals surface area contributed by atoms with E-state index in [0.717, 1.165) is 24.9 Å². The molecule has 1 nitrogen and oxygen atoms in total. The first-order chi connectivity index (χ1) is 8.49. The van der Waals surface area contributed by atoms with E-state index in [-0.39, 0.29) is 11.9 Å². The van der Waals surface area contributed by atoms with Gasteiger partial charge in [-0.1, -0.05) is 44.9 Å². The monoisotopic (exact) mass is 271 g/mol. The zero-order valence-corrected chi connectivity index (χ0v) is 12.4. The van der Waals surface area contributed by atoms with Gasteiger partial charge < -0.3 is 5.32 Å². The van der Waals surface area contributed by atoms with Crippen LogP contribution in [0.1, 0.15) is 50.8 Å². The third-order valence-electron chi connectivity index (χ3n) is 3.44. The smallest absolute Gasteiger partial charge is 0.127 e. The fraction of sp³-hybridized carbons (Fsp3) is 0.600. The molecule has 0 heterocycles. The number of halogens is 2. The average Bonchev–Trinajstić information content (AvgIpc) is 2.33. The van der Waals surface area contributed by atoms with Gasteiger partial charge in [-0.3, -0.25) is 0 Å². The first kappa shape index (κ1) is 15.5. The predicted octanol–water partition coefficient (Wildman–Crippen LogP) is 4.87. The standard InChI is InChI=1S/C15H23ClFN/c1-5-10(3)7-15(18-6-2)12-8-11(4)14(17)9-13(12)16/h8-10,15,18H,5-7H2,1-4H3. The Morgan fingerprint density at radius 3 is 2.56 bits per heavy atom. The molecule has 0 saturated carbocycles. The molecule has 0 bridgehead atoms. The molecule has 0 saturated heterocycles. The van der Waals surface area contributed by atoms with Crippen molar-refractivity contribution in [3.8, 4) is 0 Å². The second-order valence-electron chi connectivity index (χ2n) is 4.98. The number of aryl methyl sites for hydroxylation is 1. The fourth-order valence-electron chi connectivity index (χ4n) is 2.08. The van der Waals surface area contributed by atoms with E-state index >= 15 is 0 Å². The van der Waals surface area contributed by atoms with E-state index in [1.54, 1.807) is 6.92 Å². The Balaban J connectivity index is 3.01. The molecular formula is C15H23ClFN. The molecule has 2 unspecified atom stereocenters. The minimum absolute atomic E-state index is 0.205. The molecule has 1 aromatic rings. The van der Waals surface area contributed by atoms with Crippen molar-refractivity contribution < 1.29 is 4.39 Å². The SMILES string of the molecule is CCNC(CC(C)CC)c1cc(C)c(F)cc1Cl. The van der Waals surface area contributed by atoms with Crippen LogP contribution in [0.5, 0.6) is 0 Å². The van der Waals surface area contributed by atoms with Crippen molar-refractivity contribution in [3.63, 3.8) is 0 Å². The van der Waals surface area contributed by atoms with Crippen LogP contribution in [0.25, 0.3) is 0 Å². The van der Waals surface area contributed by atoms with Crippen LogP contribution >= 0.6 is 11.6 Å². The summed E-state index contributed by atoms with van der Waals surface area (Å²) in [7, 11) is 0. The molecular weight excluding hydrogens is 249 g/mol. The lowest BCUT2D eigenvalue weighted by molar-refractivity contribution is 0.408. The molecule has 0 fully saturated rings. The normalized spacial score (nSPS) is 14.6. The Hall–Kier alpha value is -0.600. The summed E-state index contributed by atoms with van der Waals surface area (Å²) in [4.78, 5) is 0. The molecule has 0 aliphatic rings. The molecule has 1 aromatic carbocycles. The minimum atomic E-state index is -0.234. The highest BCUT2D eigenvalue weighted by molar-refractivity contribution is 6.31. The van der Waals surface area contributed by atoms with E-state index in [1.165, 1.54) is 6.07 Å². The molecule has 2 atom stereocenters. The van der Waals surface area contributed by atoms with Crippen LogP contribution in [0.3, 0.4) is 0 Å². The minimum Gasteiger partial charge on any atom is -0.310 e. The van der Waals surface area contributed by atoms with Gasteiger partial charge in [0.05, 0.1) is 0 Å². The van der Waals surface area contributed by atoms with Crippen molar-refractivity contribution in [2.75, 3.05) is 6.54 Å². The Kier molecular flexibility index (Phi) is 6.10. The van der Waals surface area contributed by atoms with Crippen molar-refractivity contribution in [1.29, 1.82) is 0 Å². The summed E-state index contributed by atoms with van der Waals surface area (Å²) in [6.45, 7) is 9.16. The van der Waals surface area contributed by atoms with Gasteiger partial charge in [0.1, 0.15) is 5.82 Å². The van der Waals surface area contributed by atoms with Crippen LogP contribution in [0.15, 0.2) is 12.1 Å². The lowest BCUT2D eigenvalue weighted by atomic mass is 9.93. The number of nitrogens with one attached hydrogen (secondary N) is 1. The molecule has 0 aliphatic heterocycles. The summed E-state index contributed by atoms with van der Waals surface area (Å²) in [5, 5.41) is 3.97. The Morgan fingerprint density at radius 2 is 2.00 bits per heavy atom. The van der Waals surface area contributed by atoms with Crippen LogP contribution in [0.4, 0.5) is 4.39 Å². The van der Waals surface area contributed by atoms with Gasteiger partial charge in [-0.05, 0) is 43.0 Å². The zero-order valence-electron chi connectivity index (χ0n) is 11.7. The zero-order chi connectivity index (χ0) is 13.7. The summed E-state index contributed by atoms with van der Waals surface area (Å²) in [5.41, 5.74) is 1.67. The molecule has 102 valence electrons. The summed E-state index contributed by atoms with van der Waals surface area (Å²) in [6, 6.07) is 3.50. The van der Waals surface area contributed by atoms with Gasteiger partial charge in [0.2, 0.25) is 0 Å². The third kappa shape index (κ3) is 3.96. The topological polar surface area (TPSA) is 12.0 Å². The maximum Gasteiger partial charge on any atom is 0.127 e. The molecule has 18 heavy (non-hydrogen) atoms. The van der Waals surface area contributed by atoms with Crippen LogP contribution in [0.2, 0.25) is 5.02 Å². The summed E-state index contributed by atoms with van der Waals surface area (Å²) in [5.74, 6) is 0.387. The van der Waals surface area contributed by atoms with Crippen molar-refractivity contribution in [2.45, 2.75) is 46.6 Å². The van der Waals surface area contributed by atoms with Crippen LogP contribution in [-0.4, -0.2) is 6.54 Å². The Morgan fingerprint density at radius 1 is 1.33 bits per heavy atom. The quantitative estimate of drug-likeness (QED) is 0.778. The van der Waals surface area contributed by atoms with Gasteiger partial charge in [-0.15, -0.1) is 0 Å². The van der Waals surface area contributed by atoms with Gasteiger partial charge in [-0.25, -0.2) is 4.39 Å². The van der Waals surface area contributed by atoms with Gasteiger partial charge in [0.15, 0.2) is 0 Å². The second kappa shape index (κ2) is 7.10. The fourth-order valence-corrected chi connectivity index (χ4v) is 2.36. The van der Waals surface area contributed by atoms with Crippen molar-refractivity contribution in [1.82, 2.24) is 5.32 Å². The van der Waals surface area contributed by atoms with E-state index < -0.39 is 0 Å². The number of hydrogen-bond donors (Lipinski definition) is 1. The summed E-state index contributed by atoms with van der Waals surface area (Å²) in [6.07, 6.45) is 2.16. The van der Waals surface area contributed by atoms with E-state index in [4.69, 9.17) is 11.6 Å². The lowest BCUT2D eigenvalue weighted by Gasteiger charge is -2.23. The van der Waals surface area contributed by atoms with Crippen LogP contribution < -0.4 is 5.32 Å². The highest BCUT2D eigenvalue weighted by Gasteiger charge is 2.17. The number of rotatable bonds is 6. The number of benzene rings is 1.